The molecule has 76 valence electrons. The van der Waals surface area contributed by atoms with E-state index < -0.39 is 23.8 Å². The van der Waals surface area contributed by atoms with Crippen LogP contribution in [0.1, 0.15) is 12.8 Å². The molecule has 0 radical (unpaired) electrons. The molecule has 0 heterocycles. The molecule has 0 aromatic rings. The molecule has 14 heavy (non-hydrogen) atoms. The van der Waals surface area contributed by atoms with Crippen LogP contribution in [0.5, 0.6) is 0 Å². The number of carbonyl (C=O) groups excluding carboxylic acids is 1. The number of aliphatic carboxylic acids is 2. The number of primary amides is 1. The number of amides is 1. The van der Waals surface area contributed by atoms with Crippen molar-refractivity contribution in [1.82, 2.24) is 0 Å². The number of rotatable bonds is 3. The Morgan fingerprint density at radius 3 is 2.21 bits per heavy atom. The molecule has 1 rings (SSSR count). The van der Waals surface area contributed by atoms with Crippen LogP contribution in [0.25, 0.3) is 0 Å². The Bertz CT molecular complexity index is 344. The van der Waals surface area contributed by atoms with E-state index in [4.69, 9.17) is 15.9 Å². The molecule has 6 nitrogen and oxygen atoms in total. The maximum Gasteiger partial charge on any atom is 0.332 e. The van der Waals surface area contributed by atoms with Gasteiger partial charge in [0.1, 0.15) is 0 Å². The minimum absolute atomic E-state index is 0.0740. The first-order valence-electron chi connectivity index (χ1n) is 3.94. The van der Waals surface area contributed by atoms with E-state index >= 15 is 0 Å². The first kappa shape index (κ1) is 10.2. The molecule has 0 aromatic heterocycles. The lowest BCUT2D eigenvalue weighted by atomic mass is 10.0. The van der Waals surface area contributed by atoms with Crippen molar-refractivity contribution in [2.75, 3.05) is 0 Å². The smallest absolute Gasteiger partial charge is 0.332 e. The Labute approximate surface area is 79.0 Å². The standard InChI is InChI=1S/C8H9NO5/c9-6(10)5-3(7(11)12)1-2-4(5)8(13)14/h3H,1-2H2,(H2,9,10)(H,11,12)(H,13,14). The molecule has 0 bridgehead atoms. The molecular weight excluding hydrogens is 190 g/mol. The van der Waals surface area contributed by atoms with Crippen LogP contribution in [0.4, 0.5) is 0 Å². The van der Waals surface area contributed by atoms with E-state index in [1.165, 1.54) is 0 Å². The number of hydrogen-bond donors (Lipinski definition) is 3. The number of nitrogens with two attached hydrogens (primary N) is 1. The molecule has 0 fully saturated rings. The van der Waals surface area contributed by atoms with Gasteiger partial charge in [-0.15, -0.1) is 0 Å². The van der Waals surface area contributed by atoms with Gasteiger partial charge in [0.15, 0.2) is 0 Å². The van der Waals surface area contributed by atoms with Crippen LogP contribution in [-0.4, -0.2) is 28.1 Å². The maximum absolute atomic E-state index is 10.9. The Morgan fingerprint density at radius 2 is 1.86 bits per heavy atom. The molecule has 0 aromatic carbocycles. The number of carbonyl (C=O) groups is 3. The largest absolute Gasteiger partial charge is 0.481 e. The fourth-order valence-electron chi connectivity index (χ4n) is 1.57. The molecule has 1 aliphatic carbocycles. The zero-order valence-electron chi connectivity index (χ0n) is 7.19. The van der Waals surface area contributed by atoms with Gasteiger partial charge in [0.2, 0.25) is 5.91 Å². The normalized spacial score (nSPS) is 21.0. The fraction of sp³-hybridized carbons (Fsp3) is 0.375. The summed E-state index contributed by atoms with van der Waals surface area (Å²) < 4.78 is 0. The average Bonchev–Trinajstić information content (AvgIpc) is 2.46. The average molecular weight is 199 g/mol. The van der Waals surface area contributed by atoms with E-state index in [1.54, 1.807) is 0 Å². The molecule has 6 heteroatoms. The maximum atomic E-state index is 10.9. The summed E-state index contributed by atoms with van der Waals surface area (Å²) in [5.41, 5.74) is 4.48. The van der Waals surface area contributed by atoms with Gasteiger partial charge in [0.05, 0.1) is 5.92 Å². The SMILES string of the molecule is NC(=O)C1=C(C(=O)O)CCC1C(=O)O. The molecule has 0 saturated carbocycles. The van der Waals surface area contributed by atoms with E-state index in [2.05, 4.69) is 0 Å². The number of carboxylic acid groups (broad SMARTS) is 2. The molecule has 1 aliphatic rings. The Morgan fingerprint density at radius 1 is 1.29 bits per heavy atom. The van der Waals surface area contributed by atoms with E-state index in [0.29, 0.717) is 0 Å². The zero-order chi connectivity index (χ0) is 10.9. The third-order valence-electron chi connectivity index (χ3n) is 2.18. The monoisotopic (exact) mass is 199 g/mol. The summed E-state index contributed by atoms with van der Waals surface area (Å²) in [6.07, 6.45) is 0.194. The second-order valence-corrected chi connectivity index (χ2v) is 2.99. The summed E-state index contributed by atoms with van der Waals surface area (Å²) in [6, 6.07) is 0. The van der Waals surface area contributed by atoms with Crippen molar-refractivity contribution in [2.45, 2.75) is 12.8 Å². The molecule has 4 N–H and O–H groups in total. The van der Waals surface area contributed by atoms with E-state index in [0.717, 1.165) is 0 Å². The third kappa shape index (κ3) is 1.59. The van der Waals surface area contributed by atoms with Gasteiger partial charge < -0.3 is 15.9 Å². The lowest BCUT2D eigenvalue weighted by Crippen LogP contribution is -2.25. The molecule has 0 aliphatic heterocycles. The van der Waals surface area contributed by atoms with Crippen LogP contribution in [0.3, 0.4) is 0 Å². The van der Waals surface area contributed by atoms with Gasteiger partial charge in [0.25, 0.3) is 0 Å². The molecular formula is C8H9NO5. The minimum atomic E-state index is -1.28. The molecule has 1 atom stereocenters. The fourth-order valence-corrected chi connectivity index (χ4v) is 1.57. The predicted molar refractivity (Wildman–Crippen MR) is 44.2 cm³/mol. The van der Waals surface area contributed by atoms with Gasteiger partial charge in [-0.3, -0.25) is 9.59 Å². The Hall–Kier alpha value is -1.85. The van der Waals surface area contributed by atoms with E-state index in [1.807, 2.05) is 0 Å². The van der Waals surface area contributed by atoms with Crippen molar-refractivity contribution in [3.05, 3.63) is 11.1 Å². The minimum Gasteiger partial charge on any atom is -0.481 e. The van der Waals surface area contributed by atoms with Crippen molar-refractivity contribution in [3.63, 3.8) is 0 Å². The first-order valence-corrected chi connectivity index (χ1v) is 3.94. The predicted octanol–water partition coefficient (Wildman–Crippen LogP) is -0.653. The van der Waals surface area contributed by atoms with Crippen LogP contribution < -0.4 is 5.73 Å². The topological polar surface area (TPSA) is 118 Å². The summed E-state index contributed by atoms with van der Waals surface area (Å²) in [5.74, 6) is -4.52. The van der Waals surface area contributed by atoms with E-state index in [-0.39, 0.29) is 24.0 Å². The van der Waals surface area contributed by atoms with Gasteiger partial charge in [-0.1, -0.05) is 0 Å². The highest BCUT2D eigenvalue weighted by atomic mass is 16.4. The molecule has 1 unspecified atom stereocenters. The van der Waals surface area contributed by atoms with Crippen LogP contribution >= 0.6 is 0 Å². The van der Waals surface area contributed by atoms with Crippen LogP contribution in [-0.2, 0) is 14.4 Å². The van der Waals surface area contributed by atoms with Gasteiger partial charge in [0, 0.05) is 11.1 Å². The number of carboxylic acids is 2. The molecule has 0 spiro atoms. The first-order chi connectivity index (χ1) is 6.45. The van der Waals surface area contributed by atoms with Crippen molar-refractivity contribution >= 4 is 17.8 Å². The van der Waals surface area contributed by atoms with Gasteiger partial charge in [-0.25, -0.2) is 4.79 Å². The highest BCUT2D eigenvalue weighted by Gasteiger charge is 2.36. The Kier molecular flexibility index (Phi) is 2.55. The van der Waals surface area contributed by atoms with Crippen LogP contribution in [0.15, 0.2) is 11.1 Å². The van der Waals surface area contributed by atoms with Gasteiger partial charge in [-0.2, -0.15) is 0 Å². The van der Waals surface area contributed by atoms with Crippen molar-refractivity contribution < 1.29 is 24.6 Å². The van der Waals surface area contributed by atoms with Crippen molar-refractivity contribution in [3.8, 4) is 0 Å². The van der Waals surface area contributed by atoms with Crippen LogP contribution in [0, 0.1) is 5.92 Å². The summed E-state index contributed by atoms with van der Waals surface area (Å²) in [4.78, 5) is 32.1. The summed E-state index contributed by atoms with van der Waals surface area (Å²) in [5, 5.41) is 17.4. The van der Waals surface area contributed by atoms with E-state index in [9.17, 15) is 14.4 Å². The number of hydrogen-bond acceptors (Lipinski definition) is 3. The lowest BCUT2D eigenvalue weighted by molar-refractivity contribution is -0.141. The highest BCUT2D eigenvalue weighted by molar-refractivity contribution is 6.06. The van der Waals surface area contributed by atoms with Gasteiger partial charge in [-0.05, 0) is 12.8 Å². The lowest BCUT2D eigenvalue weighted by Gasteiger charge is -2.05. The summed E-state index contributed by atoms with van der Waals surface area (Å²) >= 11 is 0. The highest BCUT2D eigenvalue weighted by Crippen LogP contribution is 2.32. The third-order valence-corrected chi connectivity index (χ3v) is 2.18. The Balaban J connectivity index is 3.15. The zero-order valence-corrected chi connectivity index (χ0v) is 7.19. The molecule has 1 amide bonds. The van der Waals surface area contributed by atoms with Crippen molar-refractivity contribution in [2.24, 2.45) is 11.7 Å². The van der Waals surface area contributed by atoms with Gasteiger partial charge >= 0.3 is 11.9 Å². The van der Waals surface area contributed by atoms with Crippen LogP contribution in [0.2, 0.25) is 0 Å². The summed E-state index contributed by atoms with van der Waals surface area (Å²) in [6.45, 7) is 0. The molecule has 0 saturated heterocycles. The summed E-state index contributed by atoms with van der Waals surface area (Å²) in [7, 11) is 0. The van der Waals surface area contributed by atoms with Crippen molar-refractivity contribution in [1.29, 1.82) is 0 Å². The quantitative estimate of drug-likeness (QED) is 0.558. The second-order valence-electron chi connectivity index (χ2n) is 2.99. The second kappa shape index (κ2) is 3.49.